The smallest absolute Gasteiger partial charge is 0.303 e. The van der Waals surface area contributed by atoms with E-state index in [2.05, 4.69) is 49.5 Å². The molecular weight excluding hydrogens is 452 g/mol. The molecule has 0 radical (unpaired) electrons. The lowest BCUT2D eigenvalue weighted by atomic mass is 9.88. The first-order valence-corrected chi connectivity index (χ1v) is 11.6. The highest BCUT2D eigenvalue weighted by molar-refractivity contribution is 5.85. The average molecular weight is 487 g/mol. The van der Waals surface area contributed by atoms with Crippen molar-refractivity contribution in [2.75, 3.05) is 13.2 Å². The molecule has 1 aliphatic rings. The van der Waals surface area contributed by atoms with Crippen molar-refractivity contribution >= 4 is 18.4 Å². The number of rotatable bonds is 12. The fraction of sp³-hybridized carbons (Fsp3) is 0.481. The van der Waals surface area contributed by atoms with Gasteiger partial charge in [0.15, 0.2) is 0 Å². The Morgan fingerprint density at radius 3 is 2.50 bits per heavy atom. The summed E-state index contributed by atoms with van der Waals surface area (Å²) in [4.78, 5) is 10.8. The van der Waals surface area contributed by atoms with Gasteiger partial charge in [0.1, 0.15) is 24.5 Å². The summed E-state index contributed by atoms with van der Waals surface area (Å²) < 4.78 is 5.86. The number of carboxylic acid groups (broad SMARTS) is 1. The maximum atomic E-state index is 10.8. The maximum absolute atomic E-state index is 10.8. The molecule has 184 valence electrons. The van der Waals surface area contributed by atoms with Gasteiger partial charge in [0.25, 0.3) is 0 Å². The van der Waals surface area contributed by atoms with Gasteiger partial charge in [0.05, 0.1) is 5.56 Å². The normalized spacial score (nSPS) is 14.1. The van der Waals surface area contributed by atoms with Gasteiger partial charge in [-0.05, 0) is 74.6 Å². The van der Waals surface area contributed by atoms with Crippen LogP contribution in [0, 0.1) is 17.2 Å². The second-order valence-corrected chi connectivity index (χ2v) is 9.63. The van der Waals surface area contributed by atoms with Crippen molar-refractivity contribution in [1.82, 2.24) is 5.32 Å². The van der Waals surface area contributed by atoms with Crippen molar-refractivity contribution in [3.05, 3.63) is 64.7 Å². The van der Waals surface area contributed by atoms with E-state index in [1.54, 1.807) is 12.1 Å². The third-order valence-electron chi connectivity index (χ3n) is 6.22. The molecule has 1 atom stereocenters. The van der Waals surface area contributed by atoms with E-state index >= 15 is 0 Å². The highest BCUT2D eigenvalue weighted by Crippen LogP contribution is 2.32. The van der Waals surface area contributed by atoms with Crippen molar-refractivity contribution in [2.45, 2.75) is 64.0 Å². The van der Waals surface area contributed by atoms with Crippen LogP contribution in [0.15, 0.2) is 42.5 Å². The lowest BCUT2D eigenvalue weighted by Gasteiger charge is -2.30. The fourth-order valence-corrected chi connectivity index (χ4v) is 4.69. The third-order valence-corrected chi connectivity index (χ3v) is 6.22. The van der Waals surface area contributed by atoms with Gasteiger partial charge in [-0.15, -0.1) is 12.4 Å². The van der Waals surface area contributed by atoms with E-state index in [1.165, 1.54) is 11.1 Å². The fourth-order valence-electron chi connectivity index (χ4n) is 4.69. The number of β-amino-alcohol motifs (C(OH)–C–C–N with tert-alkyl or cyclic N) is 1. The highest BCUT2D eigenvalue weighted by atomic mass is 35.5. The van der Waals surface area contributed by atoms with Gasteiger partial charge in [-0.3, -0.25) is 4.79 Å². The average Bonchev–Trinajstić information content (AvgIpc) is 3.17. The van der Waals surface area contributed by atoms with Gasteiger partial charge in [-0.1, -0.05) is 36.4 Å². The Labute approximate surface area is 208 Å². The molecule has 7 heteroatoms. The summed E-state index contributed by atoms with van der Waals surface area (Å²) in [5.74, 6) is 0.182. The quantitative estimate of drug-likeness (QED) is 0.413. The second kappa shape index (κ2) is 12.8. The van der Waals surface area contributed by atoms with Crippen LogP contribution in [-0.4, -0.2) is 41.0 Å². The molecular formula is C27H35ClN2O4. The second-order valence-electron chi connectivity index (χ2n) is 9.63. The van der Waals surface area contributed by atoms with E-state index in [9.17, 15) is 15.2 Å². The Bertz CT molecular complexity index is 977. The molecule has 0 bridgehead atoms. The predicted octanol–water partition coefficient (Wildman–Crippen LogP) is 4.30. The standard InChI is InChI=1S/C27H34N2O4.ClH/c1-27(2,15-19-13-21-7-3-4-8-22(21)14-19)29-17-24(30)18-33-26-20(10-6-12-25(31)32)9-5-11-23(26)16-28;/h3-5,7-9,11,19,24,29-30H,6,10,12-15,17-18H2,1-2H3,(H,31,32);1H. The zero-order chi connectivity index (χ0) is 23.8. The molecule has 0 heterocycles. The number of aliphatic hydroxyl groups excluding tert-OH is 1. The monoisotopic (exact) mass is 486 g/mol. The molecule has 0 aromatic heterocycles. The third kappa shape index (κ3) is 8.02. The number of aliphatic hydroxyl groups is 1. The molecule has 1 unspecified atom stereocenters. The number of hydrogen-bond acceptors (Lipinski definition) is 5. The number of hydrogen-bond donors (Lipinski definition) is 3. The van der Waals surface area contributed by atoms with Crippen molar-refractivity contribution in [3.63, 3.8) is 0 Å². The molecule has 0 fully saturated rings. The lowest BCUT2D eigenvalue weighted by Crippen LogP contribution is -2.46. The largest absolute Gasteiger partial charge is 0.489 e. The Balaban J connectivity index is 0.00000408. The molecule has 0 saturated heterocycles. The summed E-state index contributed by atoms with van der Waals surface area (Å²) in [5.41, 5.74) is 3.95. The summed E-state index contributed by atoms with van der Waals surface area (Å²) in [6.07, 6.45) is 3.50. The minimum Gasteiger partial charge on any atom is -0.489 e. The van der Waals surface area contributed by atoms with Gasteiger partial charge in [0, 0.05) is 18.5 Å². The van der Waals surface area contributed by atoms with Crippen molar-refractivity contribution in [3.8, 4) is 11.8 Å². The summed E-state index contributed by atoms with van der Waals surface area (Å²) in [5, 5.41) is 32.3. The summed E-state index contributed by atoms with van der Waals surface area (Å²) in [7, 11) is 0. The maximum Gasteiger partial charge on any atom is 0.303 e. The topological polar surface area (TPSA) is 103 Å². The van der Waals surface area contributed by atoms with E-state index in [0.29, 0.717) is 36.6 Å². The number of benzene rings is 2. The Morgan fingerprint density at radius 2 is 1.88 bits per heavy atom. The number of carbonyl (C=O) groups is 1. The first-order chi connectivity index (χ1) is 15.8. The molecule has 0 saturated carbocycles. The highest BCUT2D eigenvalue weighted by Gasteiger charge is 2.28. The van der Waals surface area contributed by atoms with E-state index in [4.69, 9.17) is 9.84 Å². The molecule has 0 spiro atoms. The van der Waals surface area contributed by atoms with Crippen LogP contribution in [0.2, 0.25) is 0 Å². The molecule has 0 amide bonds. The summed E-state index contributed by atoms with van der Waals surface area (Å²) >= 11 is 0. The Morgan fingerprint density at radius 1 is 1.21 bits per heavy atom. The van der Waals surface area contributed by atoms with Crippen LogP contribution >= 0.6 is 12.4 Å². The SMILES string of the molecule is CC(C)(CC1Cc2ccccc2C1)NCC(O)COc1c(C#N)cccc1CCCC(=O)O.Cl. The molecule has 3 rings (SSSR count). The van der Waals surface area contributed by atoms with Crippen molar-refractivity contribution in [1.29, 1.82) is 5.26 Å². The summed E-state index contributed by atoms with van der Waals surface area (Å²) in [6.45, 7) is 4.77. The number of aliphatic carboxylic acids is 1. The number of para-hydroxylation sites is 1. The zero-order valence-electron chi connectivity index (χ0n) is 19.9. The van der Waals surface area contributed by atoms with Gasteiger partial charge < -0.3 is 20.3 Å². The number of ether oxygens (including phenoxy) is 1. The van der Waals surface area contributed by atoms with Crippen LogP contribution in [0.5, 0.6) is 5.75 Å². The number of nitrogens with zero attached hydrogens (tertiary/aromatic N) is 1. The molecule has 2 aromatic carbocycles. The first-order valence-electron chi connectivity index (χ1n) is 11.6. The van der Waals surface area contributed by atoms with E-state index in [-0.39, 0.29) is 31.0 Å². The number of aryl methyl sites for hydroxylation is 1. The number of carboxylic acids is 1. The zero-order valence-corrected chi connectivity index (χ0v) is 20.7. The molecule has 34 heavy (non-hydrogen) atoms. The van der Waals surface area contributed by atoms with Gasteiger partial charge in [0.2, 0.25) is 0 Å². The number of fused-ring (bicyclic) bond motifs is 1. The van der Waals surface area contributed by atoms with Crippen molar-refractivity contribution < 1.29 is 19.7 Å². The van der Waals surface area contributed by atoms with Crippen LogP contribution in [0.3, 0.4) is 0 Å². The molecule has 1 aliphatic carbocycles. The molecule has 3 N–H and O–H groups in total. The first kappa shape index (κ1) is 27.7. The minimum atomic E-state index is -0.848. The van der Waals surface area contributed by atoms with Crippen LogP contribution < -0.4 is 10.1 Å². The molecule has 2 aromatic rings. The molecule has 0 aliphatic heterocycles. The number of nitrogens with one attached hydrogen (secondary N) is 1. The van der Waals surface area contributed by atoms with Crippen molar-refractivity contribution in [2.24, 2.45) is 5.92 Å². The minimum absolute atomic E-state index is 0. The lowest BCUT2D eigenvalue weighted by molar-refractivity contribution is -0.137. The van der Waals surface area contributed by atoms with Gasteiger partial charge in [-0.25, -0.2) is 0 Å². The Hall–Kier alpha value is -2.59. The van der Waals surface area contributed by atoms with Gasteiger partial charge in [-0.2, -0.15) is 5.26 Å². The number of nitriles is 1. The van der Waals surface area contributed by atoms with Crippen LogP contribution in [0.4, 0.5) is 0 Å². The summed E-state index contributed by atoms with van der Waals surface area (Å²) in [6, 6.07) is 16.0. The van der Waals surface area contributed by atoms with Crippen LogP contribution in [-0.2, 0) is 24.1 Å². The van der Waals surface area contributed by atoms with E-state index < -0.39 is 12.1 Å². The predicted molar refractivity (Wildman–Crippen MR) is 135 cm³/mol. The van der Waals surface area contributed by atoms with Crippen LogP contribution in [0.25, 0.3) is 0 Å². The molecule has 6 nitrogen and oxygen atoms in total. The van der Waals surface area contributed by atoms with E-state index in [1.807, 2.05) is 6.07 Å². The number of halogens is 1. The van der Waals surface area contributed by atoms with E-state index in [0.717, 1.165) is 24.8 Å². The van der Waals surface area contributed by atoms with Crippen LogP contribution in [0.1, 0.15) is 55.4 Å². The Kier molecular flexibility index (Phi) is 10.4. The van der Waals surface area contributed by atoms with Gasteiger partial charge >= 0.3 is 5.97 Å².